The van der Waals surface area contributed by atoms with Gasteiger partial charge < -0.3 is 10.6 Å². The van der Waals surface area contributed by atoms with Gasteiger partial charge in [-0.1, -0.05) is 39.7 Å². The first-order chi connectivity index (χ1) is 14.6. The van der Waals surface area contributed by atoms with Crippen molar-refractivity contribution >= 4 is 44.9 Å². The van der Waals surface area contributed by atoms with Crippen LogP contribution < -0.4 is 10.6 Å². The van der Waals surface area contributed by atoms with Crippen molar-refractivity contribution in [3.05, 3.63) is 75.1 Å². The fourth-order valence-electron chi connectivity index (χ4n) is 3.41. The normalized spacial score (nSPS) is 18.3. The van der Waals surface area contributed by atoms with Crippen LogP contribution in [0, 0.1) is 5.82 Å². The summed E-state index contributed by atoms with van der Waals surface area (Å²) in [6.07, 6.45) is -3.79. The monoisotopic (exact) mass is 516 g/mol. The lowest BCUT2D eigenvalue weighted by Crippen LogP contribution is -2.36. The summed E-state index contributed by atoms with van der Waals surface area (Å²) in [6, 6.07) is 7.94. The van der Waals surface area contributed by atoms with Crippen LogP contribution in [0.15, 0.2) is 53.1 Å². The van der Waals surface area contributed by atoms with Gasteiger partial charge in [0.2, 0.25) is 0 Å². The molecule has 0 spiro atoms. The molecule has 0 fully saturated rings. The molecule has 31 heavy (non-hydrogen) atoms. The van der Waals surface area contributed by atoms with Gasteiger partial charge in [0.25, 0.3) is 5.91 Å². The highest BCUT2D eigenvalue weighted by atomic mass is 79.9. The molecule has 1 aliphatic rings. The van der Waals surface area contributed by atoms with Crippen LogP contribution in [0.2, 0.25) is 5.02 Å². The van der Waals surface area contributed by atoms with Crippen molar-refractivity contribution in [2.24, 2.45) is 0 Å². The second kappa shape index (κ2) is 8.16. The Labute approximate surface area is 187 Å². The molecule has 0 saturated carbocycles. The summed E-state index contributed by atoms with van der Waals surface area (Å²) in [4.78, 5) is 12.7. The van der Waals surface area contributed by atoms with Crippen LogP contribution in [-0.4, -0.2) is 21.9 Å². The van der Waals surface area contributed by atoms with Gasteiger partial charge in [-0.05, 0) is 35.9 Å². The molecule has 1 aliphatic heterocycles. The van der Waals surface area contributed by atoms with E-state index >= 15 is 0 Å². The van der Waals surface area contributed by atoms with Crippen LogP contribution in [0.3, 0.4) is 0 Å². The minimum Gasteiger partial charge on any atom is -0.363 e. The van der Waals surface area contributed by atoms with E-state index in [0.717, 1.165) is 21.4 Å². The van der Waals surface area contributed by atoms with E-state index in [1.54, 1.807) is 24.3 Å². The molecule has 0 bridgehead atoms. The van der Waals surface area contributed by atoms with E-state index in [4.69, 9.17) is 11.6 Å². The van der Waals surface area contributed by atoms with Gasteiger partial charge in [0.1, 0.15) is 17.2 Å². The Kier molecular flexibility index (Phi) is 5.69. The molecule has 1 aromatic heterocycles. The Morgan fingerprint density at radius 1 is 1.23 bits per heavy atom. The second-order valence-electron chi connectivity index (χ2n) is 6.98. The molecule has 0 radical (unpaired) electrons. The van der Waals surface area contributed by atoms with E-state index in [1.807, 2.05) is 0 Å². The van der Waals surface area contributed by atoms with Gasteiger partial charge in [0.05, 0.1) is 17.3 Å². The van der Waals surface area contributed by atoms with Crippen LogP contribution in [0.4, 0.5) is 29.1 Å². The molecule has 4 rings (SSSR count). The number of anilines is 2. The van der Waals surface area contributed by atoms with E-state index < -0.39 is 30.0 Å². The first-order valence-corrected chi connectivity index (χ1v) is 10.2. The lowest BCUT2D eigenvalue weighted by molar-refractivity contribution is -0.173. The molecule has 2 atom stereocenters. The first kappa shape index (κ1) is 21.6. The Bertz CT molecular complexity index is 1130. The average molecular weight is 518 g/mol. The number of aromatic nitrogens is 2. The minimum absolute atomic E-state index is 0.0616. The van der Waals surface area contributed by atoms with E-state index in [9.17, 15) is 22.4 Å². The zero-order chi connectivity index (χ0) is 22.3. The quantitative estimate of drug-likeness (QED) is 0.398. The fraction of sp³-hybridized carbons (Fsp3) is 0.200. The molecule has 11 heteroatoms. The number of rotatable bonds is 3. The number of hydrogen-bond acceptors (Lipinski definition) is 3. The average Bonchev–Trinajstić information content (AvgIpc) is 3.14. The molecule has 162 valence electrons. The molecule has 0 saturated heterocycles. The summed E-state index contributed by atoms with van der Waals surface area (Å²) in [5.74, 6) is -1.52. The van der Waals surface area contributed by atoms with Crippen molar-refractivity contribution < 1.29 is 22.4 Å². The largest absolute Gasteiger partial charge is 0.410 e. The van der Waals surface area contributed by atoms with Crippen LogP contribution >= 0.6 is 27.5 Å². The number of fused-ring (bicyclic) bond motifs is 1. The number of hydrogen-bond donors (Lipinski definition) is 2. The number of carbonyl (C=O) groups excluding carboxylic acids is 1. The van der Waals surface area contributed by atoms with E-state index in [0.29, 0.717) is 5.56 Å². The van der Waals surface area contributed by atoms with Crippen molar-refractivity contribution in [2.75, 3.05) is 10.6 Å². The first-order valence-electron chi connectivity index (χ1n) is 9.06. The van der Waals surface area contributed by atoms with Crippen molar-refractivity contribution in [3.63, 3.8) is 0 Å². The molecule has 0 aliphatic carbocycles. The Morgan fingerprint density at radius 3 is 2.58 bits per heavy atom. The summed E-state index contributed by atoms with van der Waals surface area (Å²) in [6.45, 7) is 0. The molecule has 3 aromatic rings. The number of amides is 1. The third-order valence-electron chi connectivity index (χ3n) is 4.93. The van der Waals surface area contributed by atoms with Gasteiger partial charge in [-0.3, -0.25) is 4.79 Å². The van der Waals surface area contributed by atoms with Gasteiger partial charge in [-0.2, -0.15) is 18.3 Å². The number of carbonyl (C=O) groups is 1. The summed E-state index contributed by atoms with van der Waals surface area (Å²) in [5.41, 5.74) is 0.655. The number of nitrogens with one attached hydrogen (secondary N) is 2. The standard InChI is InChI=1S/C20H14BrClF4N4O/c21-11-3-1-10(2-4-11)16-8-17(20(24,25)26)30-18(29-16)13(9-27-30)19(31)28-12-5-6-14(22)15(23)7-12/h1-7,9,16-17,29H,8H2,(H,28,31)/t16-,17-/m1/s1. The highest BCUT2D eigenvalue weighted by Crippen LogP contribution is 2.44. The molecule has 1 amide bonds. The van der Waals surface area contributed by atoms with Crippen LogP contribution in [0.1, 0.15) is 34.4 Å². The van der Waals surface area contributed by atoms with Gasteiger partial charge in [-0.25, -0.2) is 9.07 Å². The SMILES string of the molecule is O=C(Nc1ccc(Cl)c(F)c1)c1cnn2c1N[C@@H](c1ccc(Br)cc1)C[C@@H]2C(F)(F)F. The Hall–Kier alpha value is -2.59. The summed E-state index contributed by atoms with van der Waals surface area (Å²) >= 11 is 8.94. The second-order valence-corrected chi connectivity index (χ2v) is 8.30. The van der Waals surface area contributed by atoms with Gasteiger partial charge in [0, 0.05) is 16.6 Å². The van der Waals surface area contributed by atoms with Crippen LogP contribution in [0.25, 0.3) is 0 Å². The third kappa shape index (κ3) is 4.40. The minimum atomic E-state index is -4.57. The number of benzene rings is 2. The predicted octanol–water partition coefficient (Wildman–Crippen LogP) is 6.35. The van der Waals surface area contributed by atoms with Crippen molar-refractivity contribution in [1.29, 1.82) is 0 Å². The van der Waals surface area contributed by atoms with E-state index in [2.05, 4.69) is 31.7 Å². The molecule has 0 unspecified atom stereocenters. The zero-order valence-electron chi connectivity index (χ0n) is 15.6. The molecular weight excluding hydrogens is 504 g/mol. The Balaban J connectivity index is 1.68. The number of alkyl halides is 3. The van der Waals surface area contributed by atoms with E-state index in [-0.39, 0.29) is 28.5 Å². The molecule has 2 N–H and O–H groups in total. The van der Waals surface area contributed by atoms with Crippen molar-refractivity contribution in [2.45, 2.75) is 24.7 Å². The molecule has 2 heterocycles. The maximum atomic E-state index is 13.8. The Morgan fingerprint density at radius 2 is 1.94 bits per heavy atom. The van der Waals surface area contributed by atoms with Crippen LogP contribution in [-0.2, 0) is 0 Å². The summed E-state index contributed by atoms with van der Waals surface area (Å²) in [7, 11) is 0. The number of nitrogens with zero attached hydrogens (tertiary/aromatic N) is 2. The summed E-state index contributed by atoms with van der Waals surface area (Å²) < 4.78 is 56.5. The van der Waals surface area contributed by atoms with E-state index in [1.165, 1.54) is 12.1 Å². The van der Waals surface area contributed by atoms with Gasteiger partial charge in [-0.15, -0.1) is 0 Å². The number of halogens is 6. The fourth-order valence-corrected chi connectivity index (χ4v) is 3.80. The van der Waals surface area contributed by atoms with Gasteiger partial charge in [0.15, 0.2) is 6.04 Å². The molecule has 5 nitrogen and oxygen atoms in total. The van der Waals surface area contributed by atoms with Crippen molar-refractivity contribution in [1.82, 2.24) is 9.78 Å². The maximum absolute atomic E-state index is 13.8. The lowest BCUT2D eigenvalue weighted by atomic mass is 9.96. The smallest absolute Gasteiger partial charge is 0.363 e. The maximum Gasteiger partial charge on any atom is 0.410 e. The predicted molar refractivity (Wildman–Crippen MR) is 112 cm³/mol. The van der Waals surface area contributed by atoms with Crippen LogP contribution in [0.5, 0.6) is 0 Å². The van der Waals surface area contributed by atoms with Gasteiger partial charge >= 0.3 is 6.18 Å². The topological polar surface area (TPSA) is 59.0 Å². The molecular formula is C20H14BrClF4N4O. The van der Waals surface area contributed by atoms with Crippen molar-refractivity contribution in [3.8, 4) is 0 Å². The summed E-state index contributed by atoms with van der Waals surface area (Å²) in [5, 5.41) is 9.15. The zero-order valence-corrected chi connectivity index (χ0v) is 17.9. The highest BCUT2D eigenvalue weighted by Gasteiger charge is 2.47. The molecule has 2 aromatic carbocycles. The lowest BCUT2D eigenvalue weighted by Gasteiger charge is -2.34. The third-order valence-corrected chi connectivity index (χ3v) is 5.77. The highest BCUT2D eigenvalue weighted by molar-refractivity contribution is 9.10.